The summed E-state index contributed by atoms with van der Waals surface area (Å²) in [6.45, 7) is 1.98. The van der Waals surface area contributed by atoms with Gasteiger partial charge in [-0.15, -0.1) is 0 Å². The minimum atomic E-state index is -0.0924. The van der Waals surface area contributed by atoms with Crippen LogP contribution >= 0.6 is 15.9 Å². The number of pyridine rings is 1. The van der Waals surface area contributed by atoms with Gasteiger partial charge < -0.3 is 0 Å². The molecule has 0 aliphatic rings. The molecule has 0 saturated heterocycles. The minimum absolute atomic E-state index is 0.0381. The fraction of sp³-hybridized carbons (Fsp3) is 0.0435. The van der Waals surface area contributed by atoms with Gasteiger partial charge in [-0.1, -0.05) is 0 Å². The van der Waals surface area contributed by atoms with Crippen molar-refractivity contribution in [1.82, 2.24) is 4.98 Å². The molecule has 0 fully saturated rings. The first kappa shape index (κ1) is 18.9. The van der Waals surface area contributed by atoms with Gasteiger partial charge in [0.05, 0.1) is 0 Å². The molecule has 138 valence electrons. The fourth-order valence-electron chi connectivity index (χ4n) is 3.04. The molecular formula is C23H17BrN2OSe. The molecule has 4 rings (SSSR count). The van der Waals surface area contributed by atoms with E-state index >= 15 is 0 Å². The van der Waals surface area contributed by atoms with Crippen LogP contribution in [-0.2, 0) is 0 Å². The number of aromatic nitrogens is 1. The van der Waals surface area contributed by atoms with Gasteiger partial charge >= 0.3 is 179 Å². The normalized spacial score (nSPS) is 10.8. The van der Waals surface area contributed by atoms with Crippen LogP contribution < -0.4 is 14.2 Å². The quantitative estimate of drug-likeness (QED) is 0.431. The van der Waals surface area contributed by atoms with E-state index < -0.39 is 0 Å². The van der Waals surface area contributed by atoms with Crippen molar-refractivity contribution in [3.8, 4) is 0 Å². The van der Waals surface area contributed by atoms with Gasteiger partial charge in [0.1, 0.15) is 0 Å². The summed E-state index contributed by atoms with van der Waals surface area (Å²) in [5, 5.41) is 4.08. The zero-order valence-corrected chi connectivity index (χ0v) is 18.4. The number of nitrogens with one attached hydrogen (secondary N) is 1. The molecule has 28 heavy (non-hydrogen) atoms. The maximum absolute atomic E-state index is 13.2. The van der Waals surface area contributed by atoms with E-state index in [-0.39, 0.29) is 20.9 Å². The van der Waals surface area contributed by atoms with E-state index in [2.05, 4.69) is 38.4 Å². The van der Waals surface area contributed by atoms with Crippen molar-refractivity contribution in [1.29, 1.82) is 0 Å². The number of carbonyl (C=O) groups is 1. The predicted molar refractivity (Wildman–Crippen MR) is 120 cm³/mol. The van der Waals surface area contributed by atoms with Gasteiger partial charge in [-0.25, -0.2) is 0 Å². The van der Waals surface area contributed by atoms with E-state index in [0.717, 1.165) is 36.7 Å². The molecule has 1 aromatic heterocycles. The zero-order valence-electron chi connectivity index (χ0n) is 15.1. The second-order valence-electron chi connectivity index (χ2n) is 6.34. The number of amides is 1. The van der Waals surface area contributed by atoms with Crippen LogP contribution in [0.1, 0.15) is 15.9 Å². The van der Waals surface area contributed by atoms with Crippen LogP contribution in [0.3, 0.4) is 0 Å². The van der Waals surface area contributed by atoms with Crippen LogP contribution in [0.2, 0.25) is 0 Å². The summed E-state index contributed by atoms with van der Waals surface area (Å²) in [7, 11) is 0. The number of carbonyl (C=O) groups excluding carboxylic acids is 1. The molecule has 0 bridgehead atoms. The van der Waals surface area contributed by atoms with Crippen LogP contribution in [0.5, 0.6) is 0 Å². The molecule has 0 saturated carbocycles. The molecule has 1 amide bonds. The third-order valence-electron chi connectivity index (χ3n) is 4.38. The number of anilines is 1. The molecule has 5 heteroatoms. The number of hydrogen-bond acceptors (Lipinski definition) is 2. The van der Waals surface area contributed by atoms with Crippen molar-refractivity contribution in [2.75, 3.05) is 5.32 Å². The summed E-state index contributed by atoms with van der Waals surface area (Å²) < 4.78 is 3.35. The molecule has 0 radical (unpaired) electrons. The van der Waals surface area contributed by atoms with Crippen LogP contribution in [0.15, 0.2) is 83.5 Å². The predicted octanol–water partition coefficient (Wildman–Crippen LogP) is 4.21. The van der Waals surface area contributed by atoms with Gasteiger partial charge in [0.25, 0.3) is 0 Å². The van der Waals surface area contributed by atoms with Crippen molar-refractivity contribution < 1.29 is 4.79 Å². The summed E-state index contributed by atoms with van der Waals surface area (Å²) >= 11 is 3.51. The average molecular weight is 496 g/mol. The summed E-state index contributed by atoms with van der Waals surface area (Å²) in [4.78, 5) is 17.6. The fourth-order valence-corrected chi connectivity index (χ4v) is 5.46. The van der Waals surface area contributed by atoms with Gasteiger partial charge in [-0.2, -0.15) is 0 Å². The van der Waals surface area contributed by atoms with Gasteiger partial charge in [-0.3, -0.25) is 0 Å². The Morgan fingerprint density at radius 1 is 0.964 bits per heavy atom. The summed E-state index contributed by atoms with van der Waals surface area (Å²) in [6, 6.07) is 24.0. The van der Waals surface area contributed by atoms with E-state index in [0.29, 0.717) is 0 Å². The molecule has 0 aliphatic heterocycles. The Hall–Kier alpha value is -2.46. The molecule has 0 atom stereocenters. The van der Waals surface area contributed by atoms with E-state index in [1.165, 1.54) is 4.46 Å². The van der Waals surface area contributed by atoms with E-state index in [9.17, 15) is 4.79 Å². The van der Waals surface area contributed by atoms with Gasteiger partial charge in [0.15, 0.2) is 0 Å². The van der Waals surface area contributed by atoms with Gasteiger partial charge in [-0.05, 0) is 0 Å². The molecule has 0 unspecified atom stereocenters. The number of para-hydroxylation sites is 1. The van der Waals surface area contributed by atoms with E-state index in [1.54, 1.807) is 6.20 Å². The SMILES string of the molecule is Cc1cccc([Se]c2ccc(Br)cc2)c1C(=O)Nc1cccc2cccnc12. The Labute approximate surface area is 178 Å². The Morgan fingerprint density at radius 3 is 2.54 bits per heavy atom. The number of rotatable bonds is 4. The monoisotopic (exact) mass is 496 g/mol. The van der Waals surface area contributed by atoms with Gasteiger partial charge in [0.2, 0.25) is 0 Å². The molecule has 1 heterocycles. The van der Waals surface area contributed by atoms with Crippen LogP contribution in [-0.4, -0.2) is 25.8 Å². The average Bonchev–Trinajstić information content (AvgIpc) is 2.70. The van der Waals surface area contributed by atoms with Crippen molar-refractivity contribution in [3.63, 3.8) is 0 Å². The summed E-state index contributed by atoms with van der Waals surface area (Å²) in [5.41, 5.74) is 3.25. The Balaban J connectivity index is 1.68. The maximum atomic E-state index is 13.2. The molecule has 3 aromatic carbocycles. The molecule has 3 nitrogen and oxygen atoms in total. The van der Waals surface area contributed by atoms with E-state index in [1.807, 2.05) is 67.6 Å². The number of nitrogens with zero attached hydrogens (tertiary/aromatic N) is 1. The Kier molecular flexibility index (Phi) is 5.58. The summed E-state index contributed by atoms with van der Waals surface area (Å²) in [6.07, 6.45) is 1.74. The Bertz CT molecular complexity index is 1150. The van der Waals surface area contributed by atoms with Crippen molar-refractivity contribution in [2.45, 2.75) is 6.92 Å². The number of halogens is 1. The van der Waals surface area contributed by atoms with Crippen molar-refractivity contribution in [2.24, 2.45) is 0 Å². The molecule has 0 aliphatic carbocycles. The number of aryl methyl sites for hydroxylation is 1. The number of hydrogen-bond donors (Lipinski definition) is 1. The molecule has 0 spiro atoms. The third-order valence-corrected chi connectivity index (χ3v) is 7.15. The van der Waals surface area contributed by atoms with E-state index in [4.69, 9.17) is 0 Å². The number of fused-ring (bicyclic) bond motifs is 1. The zero-order chi connectivity index (χ0) is 19.5. The van der Waals surface area contributed by atoms with Crippen LogP contribution in [0, 0.1) is 6.92 Å². The van der Waals surface area contributed by atoms with Gasteiger partial charge in [0, 0.05) is 0 Å². The molecule has 4 aromatic rings. The molecular weight excluding hydrogens is 479 g/mol. The number of benzene rings is 3. The third kappa shape index (κ3) is 4.02. The first-order chi connectivity index (χ1) is 13.6. The Morgan fingerprint density at radius 2 is 1.71 bits per heavy atom. The first-order valence-corrected chi connectivity index (χ1v) is 11.3. The topological polar surface area (TPSA) is 42.0 Å². The second-order valence-corrected chi connectivity index (χ2v) is 9.59. The standard InChI is InChI=1S/C23H17BrN2OSe/c1-15-5-2-9-20(28-18-12-10-17(24)11-13-18)21(15)23(27)26-19-8-3-6-16-7-4-14-25-22(16)19/h2-14H,1H3,(H,26,27). The first-order valence-electron chi connectivity index (χ1n) is 8.80. The molecule has 1 N–H and O–H groups in total. The van der Waals surface area contributed by atoms with Crippen molar-refractivity contribution in [3.05, 3.63) is 94.6 Å². The van der Waals surface area contributed by atoms with Crippen LogP contribution in [0.25, 0.3) is 10.9 Å². The van der Waals surface area contributed by atoms with Crippen molar-refractivity contribution >= 4 is 62.3 Å². The summed E-state index contributed by atoms with van der Waals surface area (Å²) in [5.74, 6) is -0.0924. The second kappa shape index (κ2) is 8.27. The van der Waals surface area contributed by atoms with Crippen LogP contribution in [0.4, 0.5) is 5.69 Å².